The van der Waals surface area contributed by atoms with Gasteiger partial charge in [0.1, 0.15) is 0 Å². The van der Waals surface area contributed by atoms with Gasteiger partial charge in [0.15, 0.2) is 27.2 Å². The molecule has 0 saturated carbocycles. The second kappa shape index (κ2) is 25.1. The van der Waals surface area contributed by atoms with E-state index in [9.17, 15) is 27.0 Å². The van der Waals surface area contributed by atoms with E-state index in [1.54, 1.807) is 42.3 Å². The molecule has 0 spiro atoms. The van der Waals surface area contributed by atoms with E-state index in [0.29, 0.717) is 37.0 Å². The van der Waals surface area contributed by atoms with Crippen LogP contribution in [0.2, 0.25) is 0 Å². The molecule has 0 bridgehead atoms. The van der Waals surface area contributed by atoms with E-state index >= 15 is 0 Å². The molecular weight excluding hydrogens is 913 g/mol. The number of thioether (sulfide) groups is 1. The van der Waals surface area contributed by atoms with Crippen molar-refractivity contribution in [3.05, 3.63) is 196 Å². The number of ketones is 3. The van der Waals surface area contributed by atoms with Crippen molar-refractivity contribution in [3.63, 3.8) is 0 Å². The summed E-state index contributed by atoms with van der Waals surface area (Å²) in [6.45, 7) is 19.5. The van der Waals surface area contributed by atoms with Gasteiger partial charge in [0.05, 0.1) is 4.90 Å². The topological polar surface area (TPSA) is 102 Å². The van der Waals surface area contributed by atoms with Crippen molar-refractivity contribution in [2.45, 2.75) is 132 Å². The first-order chi connectivity index (χ1) is 32.2. The average molecular weight is 985 g/mol. The maximum absolute atomic E-state index is 12.3. The van der Waals surface area contributed by atoms with Crippen LogP contribution < -0.4 is 0 Å². The number of Topliss-reactive ketones (excluding diaryl/α,β-unsaturated/α-hetero) is 3. The smallest absolute Gasteiger partial charge is 0.175 e. The largest absolute Gasteiger partial charge is 0.294 e. The Hall–Kier alpha value is -5.22. The molecule has 0 radical (unpaired) electrons. The van der Waals surface area contributed by atoms with Crippen LogP contribution in [0.5, 0.6) is 0 Å². The number of aryl methyl sites for hydroxylation is 3. The summed E-state index contributed by atoms with van der Waals surface area (Å²) < 4.78 is 34.2. The fourth-order valence-corrected chi connectivity index (χ4v) is 8.78. The third-order valence-electron chi connectivity index (χ3n) is 11.9. The predicted octanol–water partition coefficient (Wildman–Crippen LogP) is 14.3. The van der Waals surface area contributed by atoms with Gasteiger partial charge >= 0.3 is 0 Å². The van der Waals surface area contributed by atoms with Crippen molar-refractivity contribution < 1.29 is 27.0 Å². The zero-order valence-electron chi connectivity index (χ0n) is 42.8. The highest BCUT2D eigenvalue weighted by atomic mass is 32.2. The number of benzene rings is 6. The molecule has 6 rings (SSSR count). The number of rotatable bonds is 15. The summed E-state index contributed by atoms with van der Waals surface area (Å²) in [5, 5.41) is 0. The highest BCUT2D eigenvalue weighted by Crippen LogP contribution is 2.26. The third-order valence-corrected chi connectivity index (χ3v) is 14.7. The van der Waals surface area contributed by atoms with Gasteiger partial charge in [-0.15, -0.1) is 11.8 Å². The molecule has 366 valence electrons. The van der Waals surface area contributed by atoms with Crippen molar-refractivity contribution >= 4 is 49.7 Å². The van der Waals surface area contributed by atoms with Gasteiger partial charge in [0, 0.05) is 69.1 Å². The van der Waals surface area contributed by atoms with Crippen molar-refractivity contribution in [2.75, 3.05) is 18.8 Å². The normalized spacial score (nSPS) is 12.2. The SMILES string of the molecule is CC(C)(C)c1ccc(C(=O)CCc2ccc(S(C)(=O)=O)cc2)cc1.CS(=O)c1ccc(CCC(=O)c2ccc(C(C)(C)C)cc2)cc1.CSc1ccc(CCC(=O)c2ccc(C(C)(C)C)cc2)cc1. The summed E-state index contributed by atoms with van der Waals surface area (Å²) in [5.74, 6) is 0.477. The van der Waals surface area contributed by atoms with E-state index in [1.165, 1.54) is 33.4 Å². The maximum Gasteiger partial charge on any atom is 0.175 e. The highest BCUT2D eigenvalue weighted by molar-refractivity contribution is 7.98. The van der Waals surface area contributed by atoms with Gasteiger partial charge < -0.3 is 0 Å². The third kappa shape index (κ3) is 18.6. The Balaban J connectivity index is 0.000000226. The first-order valence-electron chi connectivity index (χ1n) is 23.5. The fraction of sp³-hybridized carbons (Fsp3) is 0.350. The predicted molar refractivity (Wildman–Crippen MR) is 290 cm³/mol. The van der Waals surface area contributed by atoms with Crippen LogP contribution in [-0.4, -0.2) is 48.7 Å². The summed E-state index contributed by atoms with van der Waals surface area (Å²) in [7, 11) is -4.13. The molecule has 6 aromatic rings. The molecule has 69 heavy (non-hydrogen) atoms. The lowest BCUT2D eigenvalue weighted by Gasteiger charge is -2.19. The number of carbonyl (C=O) groups excluding carboxylic acids is 3. The molecule has 1 atom stereocenters. The zero-order chi connectivity index (χ0) is 51.2. The molecule has 0 aliphatic carbocycles. The Kier molecular flexibility index (Phi) is 20.5. The summed E-state index contributed by atoms with van der Waals surface area (Å²) in [5.41, 5.74) is 9.57. The van der Waals surface area contributed by atoms with Gasteiger partial charge in [-0.1, -0.05) is 172 Å². The van der Waals surface area contributed by atoms with E-state index in [-0.39, 0.29) is 33.6 Å². The zero-order valence-corrected chi connectivity index (χ0v) is 45.2. The molecule has 0 amide bonds. The lowest BCUT2D eigenvalue weighted by molar-refractivity contribution is 0.0975. The molecule has 0 aliphatic rings. The van der Waals surface area contributed by atoms with Crippen LogP contribution in [0.3, 0.4) is 0 Å². The van der Waals surface area contributed by atoms with E-state index in [0.717, 1.165) is 39.1 Å². The van der Waals surface area contributed by atoms with Gasteiger partial charge in [-0.05, 0) is 112 Å². The van der Waals surface area contributed by atoms with Gasteiger partial charge in [-0.2, -0.15) is 0 Å². The number of carbonyl (C=O) groups is 3. The van der Waals surface area contributed by atoms with Crippen molar-refractivity contribution in [1.82, 2.24) is 0 Å². The summed E-state index contributed by atoms with van der Waals surface area (Å²) >= 11 is 1.74. The second-order valence-corrected chi connectivity index (χ2v) is 24.9. The van der Waals surface area contributed by atoms with E-state index in [2.05, 4.69) is 105 Å². The van der Waals surface area contributed by atoms with Crippen molar-refractivity contribution in [3.8, 4) is 0 Å². The van der Waals surface area contributed by atoms with Crippen LogP contribution in [0.4, 0.5) is 0 Å². The number of hydrogen-bond acceptors (Lipinski definition) is 7. The first kappa shape index (κ1) is 56.4. The summed E-state index contributed by atoms with van der Waals surface area (Å²) in [6, 6.07) is 46.6. The Morgan fingerprint density at radius 2 is 0.725 bits per heavy atom. The Morgan fingerprint density at radius 1 is 0.449 bits per heavy atom. The summed E-state index contributed by atoms with van der Waals surface area (Å²) in [6.07, 6.45) is 8.49. The molecule has 1 unspecified atom stereocenters. The summed E-state index contributed by atoms with van der Waals surface area (Å²) in [4.78, 5) is 39.3. The average Bonchev–Trinajstić information content (AvgIpc) is 3.31. The number of hydrogen-bond donors (Lipinski definition) is 0. The minimum atomic E-state index is -3.18. The molecule has 0 N–H and O–H groups in total. The van der Waals surface area contributed by atoms with Crippen LogP contribution in [0.25, 0.3) is 0 Å². The molecule has 0 heterocycles. The standard InChI is InChI=1S/C20H24O3S.C20H24O2S.C20H24OS/c1-20(2,3)17-10-8-16(9-11-17)19(21)14-7-15-5-12-18(13-6-15)24(4,22)23;1-20(2,3)17-10-8-16(9-11-17)19(21)14-7-15-5-12-18(13-6-15)23(4)22;1-20(2,3)17-10-8-16(9-11-17)19(21)14-7-15-5-12-18(22-4)13-6-15/h5-6,8-13H,7,14H2,1-4H3;5-6,8-13H,7,14H2,1-4H3;5-6,8-13H,7,14H2,1-4H3. The van der Waals surface area contributed by atoms with Crippen LogP contribution in [0.1, 0.15) is 146 Å². The quantitative estimate of drug-likeness (QED) is 0.0746. The van der Waals surface area contributed by atoms with Crippen LogP contribution in [0, 0.1) is 0 Å². The molecule has 6 nitrogen and oxygen atoms in total. The molecule has 0 fully saturated rings. The number of sulfone groups is 1. The molecule has 6 aromatic carbocycles. The van der Waals surface area contributed by atoms with Crippen molar-refractivity contribution in [1.29, 1.82) is 0 Å². The van der Waals surface area contributed by atoms with Crippen molar-refractivity contribution in [2.24, 2.45) is 0 Å². The minimum Gasteiger partial charge on any atom is -0.294 e. The maximum atomic E-state index is 12.3. The van der Waals surface area contributed by atoms with E-state index in [1.807, 2.05) is 84.9 Å². The van der Waals surface area contributed by atoms with Crippen LogP contribution >= 0.6 is 11.8 Å². The second-order valence-electron chi connectivity index (χ2n) is 20.6. The van der Waals surface area contributed by atoms with Gasteiger partial charge in [-0.3, -0.25) is 18.6 Å². The van der Waals surface area contributed by atoms with Gasteiger partial charge in [0.25, 0.3) is 0 Å². The van der Waals surface area contributed by atoms with E-state index in [4.69, 9.17) is 0 Å². The van der Waals surface area contributed by atoms with Crippen LogP contribution in [0.15, 0.2) is 160 Å². The van der Waals surface area contributed by atoms with Crippen LogP contribution in [-0.2, 0) is 56.1 Å². The molecule has 0 saturated heterocycles. The Bertz CT molecular complexity index is 2730. The first-order valence-corrected chi connectivity index (χ1v) is 28.2. The Morgan fingerprint density at radius 3 is 0.971 bits per heavy atom. The minimum absolute atomic E-state index is 0.0724. The highest BCUT2D eigenvalue weighted by Gasteiger charge is 2.17. The van der Waals surface area contributed by atoms with Gasteiger partial charge in [-0.25, -0.2) is 8.42 Å². The molecular formula is C60H72O6S3. The molecule has 0 aromatic heterocycles. The lowest BCUT2D eigenvalue weighted by atomic mass is 9.86. The Labute approximate surface area is 420 Å². The van der Waals surface area contributed by atoms with E-state index < -0.39 is 20.6 Å². The lowest BCUT2D eigenvalue weighted by Crippen LogP contribution is -2.11. The fourth-order valence-electron chi connectivity index (χ4n) is 7.22. The monoisotopic (exact) mass is 984 g/mol. The van der Waals surface area contributed by atoms with Gasteiger partial charge in [0.2, 0.25) is 0 Å². The molecule has 9 heteroatoms. The molecule has 0 aliphatic heterocycles.